The largest absolute Gasteiger partial charge is 0.468 e. The normalized spacial score (nSPS) is 10.4. The highest BCUT2D eigenvalue weighted by Crippen LogP contribution is 1.94. The summed E-state index contributed by atoms with van der Waals surface area (Å²) < 4.78 is 10.9. The number of carbonyl (C=O) groups is 2. The van der Waals surface area contributed by atoms with Crippen molar-refractivity contribution in [1.82, 2.24) is 14.7 Å². The van der Waals surface area contributed by atoms with Gasteiger partial charge in [0, 0.05) is 18.9 Å². The van der Waals surface area contributed by atoms with Gasteiger partial charge in [-0.1, -0.05) is 0 Å². The predicted octanol–water partition coefficient (Wildman–Crippen LogP) is -0.469. The molecule has 0 saturated carbocycles. The number of esters is 2. The Balaban J connectivity index is 2.47. The van der Waals surface area contributed by atoms with Gasteiger partial charge in [0.1, 0.15) is 0 Å². The minimum Gasteiger partial charge on any atom is -0.468 e. The zero-order valence-electron chi connectivity index (χ0n) is 10.5. The van der Waals surface area contributed by atoms with E-state index >= 15 is 0 Å². The van der Waals surface area contributed by atoms with Crippen LogP contribution in [0.1, 0.15) is 0 Å². The SMILES string of the molecule is COC(=O)CN(CCn1cccn1)CC(=O)OC. The summed E-state index contributed by atoms with van der Waals surface area (Å²) in [6.07, 6.45) is 3.49. The summed E-state index contributed by atoms with van der Waals surface area (Å²) in [5.41, 5.74) is 0. The second-order valence-corrected chi connectivity index (χ2v) is 3.63. The number of hydrogen-bond acceptors (Lipinski definition) is 6. The van der Waals surface area contributed by atoms with Crippen LogP contribution in [0.5, 0.6) is 0 Å². The van der Waals surface area contributed by atoms with Gasteiger partial charge in [0.2, 0.25) is 0 Å². The van der Waals surface area contributed by atoms with Crippen molar-refractivity contribution in [3.05, 3.63) is 18.5 Å². The van der Waals surface area contributed by atoms with Gasteiger partial charge in [-0.2, -0.15) is 5.10 Å². The summed E-state index contributed by atoms with van der Waals surface area (Å²) in [4.78, 5) is 24.1. The van der Waals surface area contributed by atoms with Crippen LogP contribution in [0.15, 0.2) is 18.5 Å². The van der Waals surface area contributed by atoms with E-state index in [0.717, 1.165) is 0 Å². The van der Waals surface area contributed by atoms with Crippen molar-refractivity contribution in [2.45, 2.75) is 6.54 Å². The van der Waals surface area contributed by atoms with Gasteiger partial charge in [0.05, 0.1) is 33.9 Å². The molecule has 0 saturated heterocycles. The van der Waals surface area contributed by atoms with E-state index in [1.54, 1.807) is 15.8 Å². The molecule has 1 aromatic rings. The zero-order chi connectivity index (χ0) is 13.4. The Kier molecular flexibility index (Phi) is 5.86. The molecule has 0 radical (unpaired) electrons. The van der Waals surface area contributed by atoms with Crippen LogP contribution in [0.4, 0.5) is 0 Å². The minimum absolute atomic E-state index is 0.0485. The van der Waals surface area contributed by atoms with Gasteiger partial charge in [-0.15, -0.1) is 0 Å². The second kappa shape index (κ2) is 7.44. The number of methoxy groups -OCH3 is 2. The molecule has 0 aliphatic carbocycles. The van der Waals surface area contributed by atoms with E-state index in [1.165, 1.54) is 14.2 Å². The molecule has 0 aliphatic heterocycles. The first-order valence-electron chi connectivity index (χ1n) is 5.49. The highest BCUT2D eigenvalue weighted by Gasteiger charge is 2.15. The minimum atomic E-state index is -0.389. The Labute approximate surface area is 105 Å². The summed E-state index contributed by atoms with van der Waals surface area (Å²) in [7, 11) is 2.62. The molecule has 0 bridgehead atoms. The topological polar surface area (TPSA) is 73.7 Å². The van der Waals surface area contributed by atoms with Crippen molar-refractivity contribution in [2.24, 2.45) is 0 Å². The zero-order valence-corrected chi connectivity index (χ0v) is 10.5. The lowest BCUT2D eigenvalue weighted by molar-refractivity contribution is -0.145. The fourth-order valence-electron chi connectivity index (χ4n) is 1.38. The fourth-order valence-corrected chi connectivity index (χ4v) is 1.38. The van der Waals surface area contributed by atoms with Crippen LogP contribution in [0.3, 0.4) is 0 Å². The number of nitrogens with zero attached hydrogens (tertiary/aromatic N) is 3. The molecule has 7 nitrogen and oxygen atoms in total. The first-order valence-corrected chi connectivity index (χ1v) is 5.49. The van der Waals surface area contributed by atoms with E-state index in [4.69, 9.17) is 0 Å². The van der Waals surface area contributed by atoms with Crippen molar-refractivity contribution < 1.29 is 19.1 Å². The van der Waals surface area contributed by atoms with Crippen molar-refractivity contribution >= 4 is 11.9 Å². The van der Waals surface area contributed by atoms with E-state index in [0.29, 0.717) is 13.1 Å². The van der Waals surface area contributed by atoms with Crippen LogP contribution in [0.25, 0.3) is 0 Å². The van der Waals surface area contributed by atoms with Crippen LogP contribution < -0.4 is 0 Å². The molecule has 1 aromatic heterocycles. The van der Waals surface area contributed by atoms with Crippen molar-refractivity contribution in [2.75, 3.05) is 33.9 Å². The molecule has 0 atom stereocenters. The third-order valence-corrected chi connectivity index (χ3v) is 2.37. The van der Waals surface area contributed by atoms with E-state index in [1.807, 2.05) is 12.3 Å². The molecule has 0 spiro atoms. The molecule has 0 unspecified atom stereocenters. The lowest BCUT2D eigenvalue weighted by Crippen LogP contribution is -2.37. The molecule has 0 aromatic carbocycles. The average Bonchev–Trinajstić information content (AvgIpc) is 2.88. The first-order chi connectivity index (χ1) is 8.65. The van der Waals surface area contributed by atoms with Gasteiger partial charge in [-0.3, -0.25) is 19.2 Å². The predicted molar refractivity (Wildman–Crippen MR) is 62.7 cm³/mol. The second-order valence-electron chi connectivity index (χ2n) is 3.63. The lowest BCUT2D eigenvalue weighted by Gasteiger charge is -2.19. The van der Waals surface area contributed by atoms with Gasteiger partial charge < -0.3 is 9.47 Å². The molecule has 1 heterocycles. The van der Waals surface area contributed by atoms with Crippen molar-refractivity contribution in [1.29, 1.82) is 0 Å². The Hall–Kier alpha value is -1.89. The summed E-state index contributed by atoms with van der Waals surface area (Å²) >= 11 is 0. The molecule has 0 fully saturated rings. The molecule has 18 heavy (non-hydrogen) atoms. The van der Waals surface area contributed by atoms with E-state index in [9.17, 15) is 9.59 Å². The Morgan fingerprint density at radius 2 is 1.83 bits per heavy atom. The summed E-state index contributed by atoms with van der Waals surface area (Å²) in [5, 5.41) is 4.04. The quantitative estimate of drug-likeness (QED) is 0.613. The first kappa shape index (κ1) is 14.2. The molecular formula is C11H17N3O4. The highest BCUT2D eigenvalue weighted by atomic mass is 16.5. The summed E-state index contributed by atoms with van der Waals surface area (Å²) in [6.45, 7) is 1.19. The van der Waals surface area contributed by atoms with Crippen LogP contribution in [0.2, 0.25) is 0 Å². The van der Waals surface area contributed by atoms with Crippen molar-refractivity contribution in [3.63, 3.8) is 0 Å². The molecule has 0 N–H and O–H groups in total. The molecule has 7 heteroatoms. The van der Waals surface area contributed by atoms with Crippen LogP contribution in [-0.4, -0.2) is 60.5 Å². The Morgan fingerprint density at radius 1 is 1.22 bits per heavy atom. The number of aromatic nitrogens is 2. The average molecular weight is 255 g/mol. The van der Waals surface area contributed by atoms with E-state index < -0.39 is 0 Å². The standard InChI is InChI=1S/C11H17N3O4/c1-17-10(15)8-13(9-11(16)18-2)6-7-14-5-3-4-12-14/h3-5H,6-9H2,1-2H3. The van der Waals surface area contributed by atoms with Gasteiger partial charge >= 0.3 is 11.9 Å². The highest BCUT2D eigenvalue weighted by molar-refractivity contribution is 5.74. The van der Waals surface area contributed by atoms with Gasteiger partial charge in [-0.05, 0) is 6.07 Å². The molecule has 1 rings (SSSR count). The fraction of sp³-hybridized carbons (Fsp3) is 0.545. The van der Waals surface area contributed by atoms with Crippen LogP contribution in [0, 0.1) is 0 Å². The van der Waals surface area contributed by atoms with E-state index in [-0.39, 0.29) is 25.0 Å². The maximum absolute atomic E-state index is 11.2. The van der Waals surface area contributed by atoms with Crippen LogP contribution >= 0.6 is 0 Å². The third kappa shape index (κ3) is 4.96. The maximum Gasteiger partial charge on any atom is 0.319 e. The van der Waals surface area contributed by atoms with Crippen molar-refractivity contribution in [3.8, 4) is 0 Å². The van der Waals surface area contributed by atoms with Gasteiger partial charge in [-0.25, -0.2) is 0 Å². The van der Waals surface area contributed by atoms with Crippen LogP contribution in [-0.2, 0) is 25.6 Å². The lowest BCUT2D eigenvalue weighted by atomic mass is 10.4. The number of hydrogen-bond donors (Lipinski definition) is 0. The smallest absolute Gasteiger partial charge is 0.319 e. The molecular weight excluding hydrogens is 238 g/mol. The Morgan fingerprint density at radius 3 is 2.28 bits per heavy atom. The monoisotopic (exact) mass is 255 g/mol. The molecule has 0 aliphatic rings. The maximum atomic E-state index is 11.2. The Bertz CT molecular complexity index is 360. The molecule has 100 valence electrons. The van der Waals surface area contributed by atoms with E-state index in [2.05, 4.69) is 14.6 Å². The summed E-state index contributed by atoms with van der Waals surface area (Å²) in [5.74, 6) is -0.779. The summed E-state index contributed by atoms with van der Waals surface area (Å²) in [6, 6.07) is 1.81. The number of carbonyl (C=O) groups excluding carboxylic acids is 2. The molecule has 0 amide bonds. The van der Waals surface area contributed by atoms with Gasteiger partial charge in [0.15, 0.2) is 0 Å². The number of ether oxygens (including phenoxy) is 2. The third-order valence-electron chi connectivity index (χ3n) is 2.37. The number of rotatable bonds is 7. The van der Waals surface area contributed by atoms with Gasteiger partial charge in [0.25, 0.3) is 0 Å².